The van der Waals surface area contributed by atoms with Crippen LogP contribution < -0.4 is 5.32 Å². The number of likely N-dealkylation sites (tertiary alicyclic amines) is 1. The highest BCUT2D eigenvalue weighted by molar-refractivity contribution is 7.99. The molecule has 1 aromatic rings. The van der Waals surface area contributed by atoms with Gasteiger partial charge in [-0.25, -0.2) is 0 Å². The molecule has 4 nitrogen and oxygen atoms in total. The quantitative estimate of drug-likeness (QED) is 0.579. The summed E-state index contributed by atoms with van der Waals surface area (Å²) in [5.41, 5.74) is 1.25. The highest BCUT2D eigenvalue weighted by atomic mass is 32.2. The van der Waals surface area contributed by atoms with Crippen molar-refractivity contribution in [3.63, 3.8) is 0 Å². The molecule has 1 heterocycles. The van der Waals surface area contributed by atoms with Crippen molar-refractivity contribution in [1.29, 1.82) is 0 Å². The number of nitrogens with one attached hydrogen (secondary N) is 1. The molecule has 0 spiro atoms. The van der Waals surface area contributed by atoms with Gasteiger partial charge in [0.15, 0.2) is 0 Å². The van der Waals surface area contributed by atoms with E-state index in [2.05, 4.69) is 50.4 Å². The van der Waals surface area contributed by atoms with Crippen LogP contribution in [-0.2, 0) is 9.59 Å². The summed E-state index contributed by atoms with van der Waals surface area (Å²) >= 11 is 1.73. The van der Waals surface area contributed by atoms with E-state index in [-0.39, 0.29) is 23.8 Å². The van der Waals surface area contributed by atoms with Crippen LogP contribution in [-0.4, -0.2) is 41.6 Å². The predicted molar refractivity (Wildman–Crippen MR) is 99.1 cm³/mol. The van der Waals surface area contributed by atoms with E-state index in [9.17, 15) is 9.59 Å². The SMILES string of the molecule is CCC(CC)N1CC(C(=O)NCCSc2ccc(C)cc2)CC1=O. The molecule has 1 fully saturated rings. The highest BCUT2D eigenvalue weighted by Crippen LogP contribution is 2.23. The second-order valence-electron chi connectivity index (χ2n) is 6.37. The van der Waals surface area contributed by atoms with Crippen LogP contribution in [0.5, 0.6) is 0 Å². The van der Waals surface area contributed by atoms with Crippen LogP contribution in [0.4, 0.5) is 0 Å². The first-order valence-electron chi connectivity index (χ1n) is 8.81. The molecule has 132 valence electrons. The van der Waals surface area contributed by atoms with Crippen molar-refractivity contribution in [2.75, 3.05) is 18.8 Å². The third-order valence-corrected chi connectivity index (χ3v) is 5.62. The number of amides is 2. The van der Waals surface area contributed by atoms with Crippen LogP contribution in [0.2, 0.25) is 0 Å². The second-order valence-corrected chi connectivity index (χ2v) is 7.54. The smallest absolute Gasteiger partial charge is 0.225 e. The minimum Gasteiger partial charge on any atom is -0.355 e. The van der Waals surface area contributed by atoms with E-state index in [1.54, 1.807) is 11.8 Å². The Morgan fingerprint density at radius 1 is 1.29 bits per heavy atom. The summed E-state index contributed by atoms with van der Waals surface area (Å²) in [5.74, 6) is 0.785. The van der Waals surface area contributed by atoms with Crippen LogP contribution in [0.15, 0.2) is 29.2 Å². The van der Waals surface area contributed by atoms with Crippen LogP contribution in [0.25, 0.3) is 0 Å². The number of rotatable bonds is 8. The normalized spacial score (nSPS) is 17.6. The Labute approximate surface area is 149 Å². The van der Waals surface area contributed by atoms with E-state index in [0.29, 0.717) is 19.5 Å². The average Bonchev–Trinajstić information content (AvgIpc) is 2.96. The van der Waals surface area contributed by atoms with Gasteiger partial charge in [-0.05, 0) is 31.9 Å². The Bertz CT molecular complexity index is 555. The molecule has 1 aromatic carbocycles. The van der Waals surface area contributed by atoms with Crippen molar-refractivity contribution < 1.29 is 9.59 Å². The summed E-state index contributed by atoms with van der Waals surface area (Å²) in [6, 6.07) is 8.66. The number of hydrogen-bond donors (Lipinski definition) is 1. The number of aryl methyl sites for hydroxylation is 1. The number of benzene rings is 1. The van der Waals surface area contributed by atoms with E-state index >= 15 is 0 Å². The number of thioether (sulfide) groups is 1. The molecule has 0 saturated carbocycles. The summed E-state index contributed by atoms with van der Waals surface area (Å²) in [4.78, 5) is 27.5. The Morgan fingerprint density at radius 2 is 1.96 bits per heavy atom. The minimum absolute atomic E-state index is 0.0151. The van der Waals surface area contributed by atoms with E-state index in [1.807, 2.05) is 4.90 Å². The number of hydrogen-bond acceptors (Lipinski definition) is 3. The molecule has 0 radical (unpaired) electrons. The summed E-state index contributed by atoms with van der Waals surface area (Å²) in [5, 5.41) is 2.98. The fourth-order valence-corrected chi connectivity index (χ4v) is 3.88. The number of carbonyl (C=O) groups excluding carboxylic acids is 2. The zero-order valence-corrected chi connectivity index (χ0v) is 15.7. The highest BCUT2D eigenvalue weighted by Gasteiger charge is 2.36. The van der Waals surface area contributed by atoms with Gasteiger partial charge < -0.3 is 10.2 Å². The van der Waals surface area contributed by atoms with Crippen molar-refractivity contribution in [3.05, 3.63) is 29.8 Å². The van der Waals surface area contributed by atoms with Crippen molar-refractivity contribution >= 4 is 23.6 Å². The first kappa shape index (κ1) is 18.8. The molecule has 0 bridgehead atoms. The third kappa shape index (κ3) is 5.00. The largest absolute Gasteiger partial charge is 0.355 e. The lowest BCUT2D eigenvalue weighted by Crippen LogP contribution is -2.38. The molecule has 5 heteroatoms. The Morgan fingerprint density at radius 3 is 2.58 bits per heavy atom. The molecule has 1 unspecified atom stereocenters. The van der Waals surface area contributed by atoms with E-state index < -0.39 is 0 Å². The molecule has 0 aromatic heterocycles. The van der Waals surface area contributed by atoms with Crippen LogP contribution >= 0.6 is 11.8 Å². The van der Waals surface area contributed by atoms with Crippen molar-refractivity contribution in [2.45, 2.75) is 51.0 Å². The lowest BCUT2D eigenvalue weighted by molar-refractivity contribution is -0.130. The van der Waals surface area contributed by atoms with Gasteiger partial charge in [-0.1, -0.05) is 31.5 Å². The van der Waals surface area contributed by atoms with E-state index in [1.165, 1.54) is 10.5 Å². The zero-order valence-electron chi connectivity index (χ0n) is 14.9. The molecular formula is C19H28N2O2S. The van der Waals surface area contributed by atoms with Gasteiger partial charge in [0, 0.05) is 36.2 Å². The average molecular weight is 349 g/mol. The van der Waals surface area contributed by atoms with Crippen LogP contribution in [0.3, 0.4) is 0 Å². The van der Waals surface area contributed by atoms with Gasteiger partial charge in [0.2, 0.25) is 11.8 Å². The lowest BCUT2D eigenvalue weighted by Gasteiger charge is -2.26. The predicted octanol–water partition coefficient (Wildman–Crippen LogP) is 3.24. The molecule has 1 aliphatic heterocycles. The lowest BCUT2D eigenvalue weighted by atomic mass is 10.1. The molecule has 24 heavy (non-hydrogen) atoms. The topological polar surface area (TPSA) is 49.4 Å². The first-order chi connectivity index (χ1) is 11.5. The standard InChI is InChI=1S/C19H28N2O2S/c1-4-16(5-2)21-13-15(12-18(21)22)19(23)20-10-11-24-17-8-6-14(3)7-9-17/h6-9,15-16H,4-5,10-13H2,1-3H3,(H,20,23). The molecule has 2 rings (SSSR count). The van der Waals surface area contributed by atoms with E-state index in [0.717, 1.165) is 18.6 Å². The molecular weight excluding hydrogens is 320 g/mol. The maximum absolute atomic E-state index is 12.3. The van der Waals surface area contributed by atoms with Crippen molar-refractivity contribution in [3.8, 4) is 0 Å². The summed E-state index contributed by atoms with van der Waals surface area (Å²) < 4.78 is 0. The molecule has 1 aliphatic rings. The Balaban J connectivity index is 1.73. The summed E-state index contributed by atoms with van der Waals surface area (Å²) in [7, 11) is 0. The molecule has 1 saturated heterocycles. The fourth-order valence-electron chi connectivity index (χ4n) is 3.11. The van der Waals surface area contributed by atoms with Gasteiger partial charge in [0.25, 0.3) is 0 Å². The molecule has 1 N–H and O–H groups in total. The summed E-state index contributed by atoms with van der Waals surface area (Å²) in [6.45, 7) is 7.46. The van der Waals surface area contributed by atoms with Crippen molar-refractivity contribution in [1.82, 2.24) is 10.2 Å². The van der Waals surface area contributed by atoms with Crippen LogP contribution in [0, 0.1) is 12.8 Å². The number of nitrogens with zero attached hydrogens (tertiary/aromatic N) is 1. The maximum atomic E-state index is 12.3. The fraction of sp³-hybridized carbons (Fsp3) is 0.579. The minimum atomic E-state index is -0.192. The van der Waals surface area contributed by atoms with Gasteiger partial charge in [-0.3, -0.25) is 9.59 Å². The molecule has 2 amide bonds. The number of carbonyl (C=O) groups is 2. The monoisotopic (exact) mass is 348 g/mol. The third-order valence-electron chi connectivity index (χ3n) is 4.60. The summed E-state index contributed by atoms with van der Waals surface area (Å²) in [6.07, 6.45) is 2.25. The second kappa shape index (κ2) is 9.11. The van der Waals surface area contributed by atoms with Gasteiger partial charge >= 0.3 is 0 Å². The Hall–Kier alpha value is -1.49. The zero-order chi connectivity index (χ0) is 17.5. The molecule has 1 atom stereocenters. The van der Waals surface area contributed by atoms with Gasteiger partial charge in [0.1, 0.15) is 0 Å². The first-order valence-corrected chi connectivity index (χ1v) is 9.80. The Kier molecular flexibility index (Phi) is 7.16. The van der Waals surface area contributed by atoms with Gasteiger partial charge in [-0.15, -0.1) is 11.8 Å². The van der Waals surface area contributed by atoms with Gasteiger partial charge in [-0.2, -0.15) is 0 Å². The van der Waals surface area contributed by atoms with Gasteiger partial charge in [0.05, 0.1) is 5.92 Å². The van der Waals surface area contributed by atoms with E-state index in [4.69, 9.17) is 0 Å². The van der Waals surface area contributed by atoms with Crippen molar-refractivity contribution in [2.24, 2.45) is 5.92 Å². The van der Waals surface area contributed by atoms with Crippen LogP contribution in [0.1, 0.15) is 38.7 Å². The maximum Gasteiger partial charge on any atom is 0.225 e. The molecule has 0 aliphatic carbocycles.